The maximum atomic E-state index is 9.10. The maximum absolute atomic E-state index is 9.10. The number of hydrogen-bond acceptors (Lipinski definition) is 5. The summed E-state index contributed by atoms with van der Waals surface area (Å²) in [5, 5.41) is 18.3. The molecule has 0 spiro atoms. The summed E-state index contributed by atoms with van der Waals surface area (Å²) >= 11 is 0. The average Bonchev–Trinajstić information content (AvgIpc) is 2.66. The SMILES string of the molecule is COc1ccc(CNC(C)c2ccccc2)cc1OC.O=C(O)C(=O)O. The normalized spacial score (nSPS) is 10.9. The van der Waals surface area contributed by atoms with E-state index >= 15 is 0 Å². The summed E-state index contributed by atoms with van der Waals surface area (Å²) in [6.07, 6.45) is 0. The second-order valence-electron chi connectivity index (χ2n) is 5.31. The second-order valence-corrected chi connectivity index (χ2v) is 5.31. The van der Waals surface area contributed by atoms with E-state index in [0.29, 0.717) is 6.04 Å². The summed E-state index contributed by atoms with van der Waals surface area (Å²) in [5.74, 6) is -2.13. The maximum Gasteiger partial charge on any atom is 0.414 e. The molecule has 26 heavy (non-hydrogen) atoms. The molecule has 0 aliphatic carbocycles. The van der Waals surface area contributed by atoms with Gasteiger partial charge in [0.15, 0.2) is 11.5 Å². The first-order valence-corrected chi connectivity index (χ1v) is 7.84. The van der Waals surface area contributed by atoms with Crippen molar-refractivity contribution in [3.63, 3.8) is 0 Å². The van der Waals surface area contributed by atoms with E-state index in [2.05, 4.69) is 36.5 Å². The molecule has 0 aliphatic heterocycles. The highest BCUT2D eigenvalue weighted by atomic mass is 16.5. The van der Waals surface area contributed by atoms with Crippen molar-refractivity contribution in [1.82, 2.24) is 5.32 Å². The third-order valence-corrected chi connectivity index (χ3v) is 3.54. The molecule has 140 valence electrons. The molecule has 2 aromatic rings. The lowest BCUT2D eigenvalue weighted by Crippen LogP contribution is -2.18. The lowest BCUT2D eigenvalue weighted by atomic mass is 10.1. The van der Waals surface area contributed by atoms with E-state index in [-0.39, 0.29) is 0 Å². The molecule has 7 nitrogen and oxygen atoms in total. The molecule has 0 heterocycles. The van der Waals surface area contributed by atoms with Gasteiger partial charge in [0.05, 0.1) is 14.2 Å². The second kappa shape index (κ2) is 10.7. The molecule has 0 aliphatic rings. The van der Waals surface area contributed by atoms with E-state index in [0.717, 1.165) is 18.0 Å². The summed E-state index contributed by atoms with van der Waals surface area (Å²) in [5.41, 5.74) is 2.46. The van der Waals surface area contributed by atoms with Crippen molar-refractivity contribution in [2.24, 2.45) is 0 Å². The van der Waals surface area contributed by atoms with Crippen molar-refractivity contribution in [3.05, 3.63) is 59.7 Å². The van der Waals surface area contributed by atoms with E-state index in [1.165, 1.54) is 11.1 Å². The monoisotopic (exact) mass is 361 g/mol. The zero-order valence-corrected chi connectivity index (χ0v) is 14.9. The Bertz CT molecular complexity index is 705. The average molecular weight is 361 g/mol. The number of carbonyl (C=O) groups is 2. The van der Waals surface area contributed by atoms with Crippen LogP contribution in [0.2, 0.25) is 0 Å². The van der Waals surface area contributed by atoms with Crippen LogP contribution in [-0.2, 0) is 16.1 Å². The standard InChI is InChI=1S/C17H21NO2.C2H2O4/c1-13(15-7-5-4-6-8-15)18-12-14-9-10-16(19-2)17(11-14)20-3;3-1(4)2(5)6/h4-11,13,18H,12H2,1-3H3;(H,3,4)(H,5,6). The van der Waals surface area contributed by atoms with Crippen molar-refractivity contribution >= 4 is 11.9 Å². The molecule has 2 aromatic carbocycles. The van der Waals surface area contributed by atoms with E-state index in [1.54, 1.807) is 14.2 Å². The van der Waals surface area contributed by atoms with Crippen LogP contribution in [0.1, 0.15) is 24.1 Å². The first-order valence-electron chi connectivity index (χ1n) is 7.84. The number of ether oxygens (including phenoxy) is 2. The fourth-order valence-corrected chi connectivity index (χ4v) is 2.12. The molecule has 1 unspecified atom stereocenters. The Labute approximate surface area is 152 Å². The molecular weight excluding hydrogens is 338 g/mol. The Morgan fingerprint density at radius 3 is 2.04 bits per heavy atom. The molecule has 0 saturated carbocycles. The number of hydrogen-bond donors (Lipinski definition) is 3. The Morgan fingerprint density at radius 2 is 1.54 bits per heavy atom. The van der Waals surface area contributed by atoms with E-state index in [9.17, 15) is 0 Å². The quantitative estimate of drug-likeness (QED) is 0.679. The fraction of sp³-hybridized carbons (Fsp3) is 0.263. The van der Waals surface area contributed by atoms with Crippen molar-refractivity contribution < 1.29 is 29.3 Å². The van der Waals surface area contributed by atoms with Gasteiger partial charge in [-0.2, -0.15) is 0 Å². The van der Waals surface area contributed by atoms with Gasteiger partial charge in [-0.15, -0.1) is 0 Å². The fourth-order valence-electron chi connectivity index (χ4n) is 2.12. The van der Waals surface area contributed by atoms with Gasteiger partial charge >= 0.3 is 11.9 Å². The third kappa shape index (κ3) is 6.82. The first-order chi connectivity index (χ1) is 12.4. The van der Waals surface area contributed by atoms with Crippen LogP contribution in [0, 0.1) is 0 Å². The van der Waals surface area contributed by atoms with Crippen LogP contribution in [0.3, 0.4) is 0 Å². The molecular formula is C19H23NO6. The van der Waals surface area contributed by atoms with Gasteiger partial charge in [0.2, 0.25) is 0 Å². The van der Waals surface area contributed by atoms with Gasteiger partial charge in [0.1, 0.15) is 0 Å². The summed E-state index contributed by atoms with van der Waals surface area (Å²) in [6, 6.07) is 16.7. The van der Waals surface area contributed by atoms with Crippen LogP contribution >= 0.6 is 0 Å². The van der Waals surface area contributed by atoms with Crippen LogP contribution in [0.4, 0.5) is 0 Å². The highest BCUT2D eigenvalue weighted by Gasteiger charge is 2.07. The third-order valence-electron chi connectivity index (χ3n) is 3.54. The Hall–Kier alpha value is -3.06. The van der Waals surface area contributed by atoms with E-state index < -0.39 is 11.9 Å². The molecule has 1 atom stereocenters. The number of methoxy groups -OCH3 is 2. The minimum absolute atomic E-state index is 0.310. The lowest BCUT2D eigenvalue weighted by Gasteiger charge is -2.15. The lowest BCUT2D eigenvalue weighted by molar-refractivity contribution is -0.159. The number of rotatable bonds is 6. The molecule has 0 saturated heterocycles. The summed E-state index contributed by atoms with van der Waals surface area (Å²) in [4.78, 5) is 18.2. The van der Waals surface area contributed by atoms with Gasteiger partial charge in [-0.05, 0) is 30.2 Å². The van der Waals surface area contributed by atoms with Crippen molar-refractivity contribution in [1.29, 1.82) is 0 Å². The summed E-state index contributed by atoms with van der Waals surface area (Å²) in [7, 11) is 3.30. The van der Waals surface area contributed by atoms with E-state index in [1.807, 2.05) is 24.3 Å². The zero-order valence-electron chi connectivity index (χ0n) is 14.9. The molecule has 2 rings (SSSR count). The number of aliphatic carboxylic acids is 2. The van der Waals surface area contributed by atoms with Crippen LogP contribution in [0.25, 0.3) is 0 Å². The molecule has 0 radical (unpaired) electrons. The van der Waals surface area contributed by atoms with Gasteiger partial charge in [0.25, 0.3) is 0 Å². The molecule has 0 fully saturated rings. The Kier molecular flexibility index (Phi) is 8.66. The van der Waals surface area contributed by atoms with Gasteiger partial charge < -0.3 is 25.0 Å². The number of benzene rings is 2. The van der Waals surface area contributed by atoms with Crippen LogP contribution in [0.15, 0.2) is 48.5 Å². The summed E-state index contributed by atoms with van der Waals surface area (Å²) in [6.45, 7) is 2.95. The first kappa shape index (κ1) is 21.0. The highest BCUT2D eigenvalue weighted by molar-refractivity contribution is 6.27. The number of carboxylic acids is 2. The number of carboxylic acid groups (broad SMARTS) is 2. The molecule has 0 aromatic heterocycles. The van der Waals surface area contributed by atoms with Crippen LogP contribution in [-0.4, -0.2) is 36.4 Å². The van der Waals surface area contributed by atoms with Gasteiger partial charge in [-0.25, -0.2) is 9.59 Å². The van der Waals surface area contributed by atoms with Gasteiger partial charge in [0, 0.05) is 12.6 Å². The van der Waals surface area contributed by atoms with Crippen molar-refractivity contribution in [3.8, 4) is 11.5 Å². The molecule has 0 bridgehead atoms. The van der Waals surface area contributed by atoms with Gasteiger partial charge in [-0.3, -0.25) is 0 Å². The molecule has 3 N–H and O–H groups in total. The van der Waals surface area contributed by atoms with Crippen molar-refractivity contribution in [2.75, 3.05) is 14.2 Å². The molecule has 0 amide bonds. The van der Waals surface area contributed by atoms with Gasteiger partial charge in [-0.1, -0.05) is 36.4 Å². The van der Waals surface area contributed by atoms with Crippen molar-refractivity contribution in [2.45, 2.75) is 19.5 Å². The Morgan fingerprint density at radius 1 is 0.962 bits per heavy atom. The highest BCUT2D eigenvalue weighted by Crippen LogP contribution is 2.27. The minimum atomic E-state index is -1.82. The zero-order chi connectivity index (χ0) is 19.5. The smallest absolute Gasteiger partial charge is 0.414 e. The summed E-state index contributed by atoms with van der Waals surface area (Å²) < 4.78 is 10.6. The number of nitrogens with one attached hydrogen (secondary N) is 1. The van der Waals surface area contributed by atoms with Crippen LogP contribution in [0.5, 0.6) is 11.5 Å². The molecule has 7 heteroatoms. The van der Waals surface area contributed by atoms with E-state index in [4.69, 9.17) is 29.3 Å². The largest absolute Gasteiger partial charge is 0.493 e. The minimum Gasteiger partial charge on any atom is -0.493 e. The van der Waals surface area contributed by atoms with Crippen LogP contribution < -0.4 is 14.8 Å². The Balaban J connectivity index is 0.000000487. The predicted octanol–water partition coefficient (Wildman–Crippen LogP) is 2.71. The topological polar surface area (TPSA) is 105 Å². The predicted molar refractivity (Wildman–Crippen MR) is 96.5 cm³/mol.